The van der Waals surface area contributed by atoms with Crippen LogP contribution in [0.15, 0.2) is 78.0 Å². The Kier molecular flexibility index (Phi) is 8.24. The van der Waals surface area contributed by atoms with Crippen LogP contribution in [-0.2, 0) is 9.59 Å². The first-order valence-electron chi connectivity index (χ1n) is 11.2. The van der Waals surface area contributed by atoms with Crippen molar-refractivity contribution in [3.05, 3.63) is 77.8 Å². The summed E-state index contributed by atoms with van der Waals surface area (Å²) in [5.74, 6) is 1.09. The van der Waals surface area contributed by atoms with Gasteiger partial charge in [0.2, 0.25) is 11.8 Å². The Hall–Kier alpha value is -3.82. The molecule has 1 heterocycles. The normalized spacial score (nSPS) is 10.6. The average Bonchev–Trinajstić information content (AvgIpc) is 3.28. The van der Waals surface area contributed by atoms with E-state index in [1.165, 1.54) is 18.7 Å². The van der Waals surface area contributed by atoms with Gasteiger partial charge in [0, 0.05) is 29.5 Å². The molecular formula is C26H24ClN5O3S. The molecule has 8 nitrogen and oxygen atoms in total. The summed E-state index contributed by atoms with van der Waals surface area (Å²) in [5.41, 5.74) is 2.83. The first-order chi connectivity index (χ1) is 17.4. The van der Waals surface area contributed by atoms with Crippen LogP contribution in [0.2, 0.25) is 5.02 Å². The highest BCUT2D eigenvalue weighted by Gasteiger charge is 2.19. The zero-order valence-electron chi connectivity index (χ0n) is 19.7. The fourth-order valence-corrected chi connectivity index (χ4v) is 4.41. The maximum Gasteiger partial charge on any atom is 0.234 e. The van der Waals surface area contributed by atoms with Crippen LogP contribution in [0, 0.1) is 0 Å². The van der Waals surface area contributed by atoms with E-state index in [1.54, 1.807) is 30.3 Å². The molecule has 0 aliphatic carbocycles. The summed E-state index contributed by atoms with van der Waals surface area (Å²) >= 11 is 7.72. The van der Waals surface area contributed by atoms with Crippen molar-refractivity contribution in [1.82, 2.24) is 14.8 Å². The molecule has 4 rings (SSSR count). The largest absolute Gasteiger partial charge is 0.494 e. The molecule has 0 saturated carbocycles. The number of benzene rings is 3. The van der Waals surface area contributed by atoms with Crippen LogP contribution in [0.4, 0.5) is 11.4 Å². The van der Waals surface area contributed by atoms with E-state index >= 15 is 0 Å². The summed E-state index contributed by atoms with van der Waals surface area (Å²) in [6.07, 6.45) is 0. The Bertz CT molecular complexity index is 1360. The van der Waals surface area contributed by atoms with Crippen LogP contribution in [0.5, 0.6) is 5.75 Å². The third-order valence-electron chi connectivity index (χ3n) is 4.98. The molecule has 1 aromatic heterocycles. The number of amides is 2. The topological polar surface area (TPSA) is 98.1 Å². The molecule has 0 unspecified atom stereocenters. The van der Waals surface area contributed by atoms with E-state index in [1.807, 2.05) is 54.0 Å². The zero-order valence-corrected chi connectivity index (χ0v) is 21.3. The summed E-state index contributed by atoms with van der Waals surface area (Å²) in [7, 11) is 0. The number of carbonyl (C=O) groups excluding carboxylic acids is 2. The molecule has 10 heteroatoms. The molecule has 3 aromatic carbocycles. The van der Waals surface area contributed by atoms with Crippen LogP contribution in [0.25, 0.3) is 17.1 Å². The molecule has 0 spiro atoms. The van der Waals surface area contributed by atoms with Crippen molar-refractivity contribution in [3.63, 3.8) is 0 Å². The third-order valence-corrected chi connectivity index (χ3v) is 6.23. The second-order valence-corrected chi connectivity index (χ2v) is 8.99. The fourth-order valence-electron chi connectivity index (χ4n) is 3.44. The number of rotatable bonds is 9. The van der Waals surface area contributed by atoms with Gasteiger partial charge >= 0.3 is 0 Å². The fraction of sp³-hybridized carbons (Fsp3) is 0.154. The van der Waals surface area contributed by atoms with E-state index in [0.29, 0.717) is 34.0 Å². The predicted molar refractivity (Wildman–Crippen MR) is 143 cm³/mol. The lowest BCUT2D eigenvalue weighted by molar-refractivity contribution is -0.114. The number of aromatic nitrogens is 3. The number of ether oxygens (including phenoxy) is 1. The van der Waals surface area contributed by atoms with E-state index in [-0.39, 0.29) is 17.6 Å². The number of hydrogen-bond donors (Lipinski definition) is 2. The van der Waals surface area contributed by atoms with Crippen molar-refractivity contribution in [2.75, 3.05) is 23.0 Å². The van der Waals surface area contributed by atoms with Crippen molar-refractivity contribution in [2.24, 2.45) is 0 Å². The van der Waals surface area contributed by atoms with E-state index in [0.717, 1.165) is 17.0 Å². The summed E-state index contributed by atoms with van der Waals surface area (Å²) in [4.78, 5) is 23.8. The molecule has 0 atom stereocenters. The maximum atomic E-state index is 12.6. The Labute approximate surface area is 218 Å². The molecule has 0 saturated heterocycles. The van der Waals surface area contributed by atoms with Crippen LogP contribution in [0.1, 0.15) is 13.8 Å². The minimum atomic E-state index is -0.201. The summed E-state index contributed by atoms with van der Waals surface area (Å²) < 4.78 is 7.44. The quantitative estimate of drug-likeness (QED) is 0.275. The smallest absolute Gasteiger partial charge is 0.234 e. The van der Waals surface area contributed by atoms with Crippen LogP contribution < -0.4 is 15.4 Å². The Balaban J connectivity index is 1.54. The first-order valence-corrected chi connectivity index (χ1v) is 12.5. The van der Waals surface area contributed by atoms with Crippen molar-refractivity contribution in [2.45, 2.75) is 19.0 Å². The van der Waals surface area contributed by atoms with Crippen molar-refractivity contribution < 1.29 is 14.3 Å². The number of halogens is 1. The third kappa shape index (κ3) is 6.24. The highest BCUT2D eigenvalue weighted by Crippen LogP contribution is 2.32. The van der Waals surface area contributed by atoms with E-state index in [2.05, 4.69) is 20.8 Å². The number of hydrogen-bond acceptors (Lipinski definition) is 6. The van der Waals surface area contributed by atoms with Gasteiger partial charge in [0.25, 0.3) is 0 Å². The molecule has 2 amide bonds. The van der Waals surface area contributed by atoms with Gasteiger partial charge < -0.3 is 15.4 Å². The molecule has 184 valence electrons. The second kappa shape index (κ2) is 11.7. The van der Waals surface area contributed by atoms with E-state index in [9.17, 15) is 9.59 Å². The Morgan fingerprint density at radius 2 is 1.61 bits per heavy atom. The molecule has 36 heavy (non-hydrogen) atoms. The lowest BCUT2D eigenvalue weighted by Gasteiger charge is -2.12. The maximum absolute atomic E-state index is 12.6. The van der Waals surface area contributed by atoms with Gasteiger partial charge in [0.05, 0.1) is 17.4 Å². The summed E-state index contributed by atoms with van der Waals surface area (Å²) in [5, 5.41) is 15.4. The monoisotopic (exact) mass is 521 g/mol. The van der Waals surface area contributed by atoms with Gasteiger partial charge in [-0.25, -0.2) is 0 Å². The Morgan fingerprint density at radius 1 is 0.944 bits per heavy atom. The minimum Gasteiger partial charge on any atom is -0.494 e. The van der Waals surface area contributed by atoms with Crippen LogP contribution in [0.3, 0.4) is 0 Å². The van der Waals surface area contributed by atoms with Gasteiger partial charge in [-0.05, 0) is 67.6 Å². The zero-order chi connectivity index (χ0) is 25.5. The van der Waals surface area contributed by atoms with Gasteiger partial charge in [-0.2, -0.15) is 0 Å². The SMILES string of the molecule is CCOc1ccc(-n2c(SCC(=O)Nc3ccc(NC(C)=O)cc3)nnc2-c2ccccc2Cl)cc1. The lowest BCUT2D eigenvalue weighted by atomic mass is 10.2. The molecular weight excluding hydrogens is 498 g/mol. The molecule has 0 bridgehead atoms. The summed E-state index contributed by atoms with van der Waals surface area (Å²) in [6, 6.07) is 21.9. The van der Waals surface area contributed by atoms with Crippen LogP contribution >= 0.6 is 23.4 Å². The van der Waals surface area contributed by atoms with E-state index < -0.39 is 0 Å². The number of nitrogens with one attached hydrogen (secondary N) is 2. The average molecular weight is 522 g/mol. The lowest BCUT2D eigenvalue weighted by Crippen LogP contribution is -2.14. The van der Waals surface area contributed by atoms with Crippen molar-refractivity contribution >= 4 is 46.6 Å². The van der Waals surface area contributed by atoms with Gasteiger partial charge in [-0.15, -0.1) is 10.2 Å². The van der Waals surface area contributed by atoms with E-state index in [4.69, 9.17) is 16.3 Å². The second-order valence-electron chi connectivity index (χ2n) is 7.64. The molecule has 0 radical (unpaired) electrons. The molecule has 0 aliphatic heterocycles. The van der Waals surface area contributed by atoms with Crippen molar-refractivity contribution in [1.29, 1.82) is 0 Å². The molecule has 0 fully saturated rings. The van der Waals surface area contributed by atoms with Crippen LogP contribution in [-0.4, -0.2) is 38.9 Å². The highest BCUT2D eigenvalue weighted by molar-refractivity contribution is 7.99. The molecule has 0 aliphatic rings. The van der Waals surface area contributed by atoms with Crippen molar-refractivity contribution in [3.8, 4) is 22.8 Å². The predicted octanol–water partition coefficient (Wildman–Crippen LogP) is 5.68. The first kappa shape index (κ1) is 25.3. The number of nitrogens with zero attached hydrogens (tertiary/aromatic N) is 3. The summed E-state index contributed by atoms with van der Waals surface area (Å²) in [6.45, 7) is 3.94. The van der Waals surface area contributed by atoms with Gasteiger partial charge in [-0.1, -0.05) is 35.5 Å². The highest BCUT2D eigenvalue weighted by atomic mass is 35.5. The Morgan fingerprint density at radius 3 is 2.25 bits per heavy atom. The van der Waals surface area contributed by atoms with Gasteiger partial charge in [-0.3, -0.25) is 14.2 Å². The standard InChI is InChI=1S/C26H24ClN5O3S/c1-3-35-21-14-12-20(13-15-21)32-25(22-6-4-5-7-23(22)27)30-31-26(32)36-16-24(34)29-19-10-8-18(9-11-19)28-17(2)33/h4-15H,3,16H2,1-2H3,(H,28,33)(H,29,34). The molecule has 4 aromatic rings. The number of thioether (sulfide) groups is 1. The van der Waals surface area contributed by atoms with Gasteiger partial charge in [0.15, 0.2) is 11.0 Å². The number of anilines is 2. The van der Waals surface area contributed by atoms with Gasteiger partial charge in [0.1, 0.15) is 5.75 Å². The number of carbonyl (C=O) groups is 2. The molecule has 2 N–H and O–H groups in total. The minimum absolute atomic E-state index is 0.116.